The number of nitrogens with zero attached hydrogens (tertiary/aromatic N) is 1. The molecular weight excluding hydrogens is 957 g/mol. The van der Waals surface area contributed by atoms with Crippen molar-refractivity contribution in [3.05, 3.63) is 83.9 Å². The number of primary amides is 3. The number of phenols is 1. The van der Waals surface area contributed by atoms with Gasteiger partial charge in [-0.05, 0) is 54.4 Å². The molecule has 0 aliphatic carbocycles. The summed E-state index contributed by atoms with van der Waals surface area (Å²) in [5, 5.41) is 25.1. The van der Waals surface area contributed by atoms with Gasteiger partial charge in [-0.3, -0.25) is 43.2 Å². The van der Waals surface area contributed by atoms with Crippen molar-refractivity contribution in [2.24, 2.45) is 34.8 Å². The summed E-state index contributed by atoms with van der Waals surface area (Å²) in [5.74, 6) is -10.4. The van der Waals surface area contributed by atoms with E-state index in [4.69, 9.17) is 27.7 Å². The number of nitrogens with two attached hydrogens (primary N) is 4. The van der Waals surface area contributed by atoms with Crippen LogP contribution < -0.4 is 54.8 Å². The van der Waals surface area contributed by atoms with E-state index in [0.29, 0.717) is 16.8 Å². The molecule has 2 aromatic carbocycles. The number of carbonyl (C=O) groups is 10. The molecule has 72 heavy (non-hydrogen) atoms. The minimum Gasteiger partial charge on any atom is -0.508 e. The highest BCUT2D eigenvalue weighted by atomic mass is 32.1. The third-order valence-corrected chi connectivity index (χ3v) is 11.2. The standard InChI is InChI=1S/C47H66N12O12S/c1-24(2)16-32(43(66)58-35(20-38(50)62)47(70)71-36(22-72)40(51)63)55-44(67)33(18-26-8-6-5-7-9-26)57-46(69)39(25(3)4)59-45(68)34(19-28-21-52-23-53-28)56-42(65)31(14-15-37(49)61)54-41(64)30(48)17-27-10-12-29(60)13-11-27/h5-13,21,23-25,30-36,39,60,72H,14-20,22,48H2,1-4H3,(H2,49,61)(H2,50,62)(H2,51,63)(H,52,53)(H,54,64)(H,55,67)(H,56,65)(H,57,69)(H,58,66)(H,59,68)/t30-,31-,32-,33-,34-,35-,36?,39-/m0/s1. The van der Waals surface area contributed by atoms with Crippen LogP contribution in [0.4, 0.5) is 0 Å². The topological polar surface area (TPSA) is 405 Å². The first kappa shape index (κ1) is 58.8. The molecule has 9 amide bonds. The SMILES string of the molecule is CC(C)C[C@H](NC(=O)[C@H](Cc1ccccc1)NC(=O)[C@@H](NC(=O)[C@H](Cc1cnc[nH]1)NC(=O)[C@H](CCC(N)=O)NC(=O)[C@@H](N)Cc1ccc(O)cc1)C(C)C)C(=O)N[C@@H](CC(N)=O)C(=O)OC(CS)C(N)=O. The van der Waals surface area contributed by atoms with Gasteiger partial charge < -0.3 is 69.7 Å². The van der Waals surface area contributed by atoms with Gasteiger partial charge in [0.1, 0.15) is 42.0 Å². The number of hydrogen-bond acceptors (Lipinski definition) is 15. The zero-order valence-electron chi connectivity index (χ0n) is 40.4. The highest BCUT2D eigenvalue weighted by Crippen LogP contribution is 2.14. The number of rotatable bonds is 30. The number of imidazole rings is 1. The molecule has 0 bridgehead atoms. The predicted molar refractivity (Wildman–Crippen MR) is 263 cm³/mol. The molecule has 0 spiro atoms. The van der Waals surface area contributed by atoms with Gasteiger partial charge in [0.15, 0.2) is 6.10 Å². The summed E-state index contributed by atoms with van der Waals surface area (Å²) in [7, 11) is 0. The Kier molecular flexibility index (Phi) is 23.6. The molecule has 0 aliphatic rings. The van der Waals surface area contributed by atoms with Crippen molar-refractivity contribution >= 4 is 71.8 Å². The summed E-state index contributed by atoms with van der Waals surface area (Å²) in [4.78, 5) is 139. The number of amides is 9. The van der Waals surface area contributed by atoms with E-state index in [9.17, 15) is 53.1 Å². The van der Waals surface area contributed by atoms with Gasteiger partial charge in [-0.15, -0.1) is 0 Å². The summed E-state index contributed by atoms with van der Waals surface area (Å²) in [5.41, 5.74) is 23.8. The van der Waals surface area contributed by atoms with E-state index in [2.05, 4.69) is 54.5 Å². The average molecular weight is 1020 g/mol. The first-order valence-electron chi connectivity index (χ1n) is 23.0. The van der Waals surface area contributed by atoms with Gasteiger partial charge in [0.2, 0.25) is 47.3 Å². The van der Waals surface area contributed by atoms with Crippen molar-refractivity contribution in [2.75, 3.05) is 5.75 Å². The van der Waals surface area contributed by atoms with Crippen LogP contribution in [0.1, 0.15) is 70.2 Å². The summed E-state index contributed by atoms with van der Waals surface area (Å²) < 4.78 is 5.07. The van der Waals surface area contributed by atoms with E-state index in [1.807, 2.05) is 0 Å². The van der Waals surface area contributed by atoms with Crippen molar-refractivity contribution in [1.29, 1.82) is 0 Å². The lowest BCUT2D eigenvalue weighted by Crippen LogP contribution is -2.61. The molecule has 1 heterocycles. The highest BCUT2D eigenvalue weighted by molar-refractivity contribution is 7.80. The van der Waals surface area contributed by atoms with Gasteiger partial charge in [-0.25, -0.2) is 9.78 Å². The van der Waals surface area contributed by atoms with E-state index in [1.54, 1.807) is 70.2 Å². The van der Waals surface area contributed by atoms with Gasteiger partial charge in [0.05, 0.1) is 18.8 Å². The molecule has 1 unspecified atom stereocenters. The van der Waals surface area contributed by atoms with Gasteiger partial charge in [-0.2, -0.15) is 12.6 Å². The van der Waals surface area contributed by atoms with Gasteiger partial charge in [0.25, 0.3) is 5.91 Å². The number of aromatic amines is 1. The maximum atomic E-state index is 14.3. The van der Waals surface area contributed by atoms with Crippen LogP contribution in [0.3, 0.4) is 0 Å². The fraction of sp³-hybridized carbons (Fsp3) is 0.468. The van der Waals surface area contributed by atoms with Crippen LogP contribution in [-0.4, -0.2) is 128 Å². The molecule has 3 aromatic rings. The minimum atomic E-state index is -1.69. The lowest BCUT2D eigenvalue weighted by Gasteiger charge is -2.29. The molecule has 0 radical (unpaired) electrons. The summed E-state index contributed by atoms with van der Waals surface area (Å²) in [6, 6.07) is 4.69. The third-order valence-electron chi connectivity index (χ3n) is 10.9. The average Bonchev–Trinajstić information content (AvgIpc) is 3.83. The summed E-state index contributed by atoms with van der Waals surface area (Å²) in [6.07, 6.45) is -0.387. The van der Waals surface area contributed by atoms with Crippen LogP contribution in [0.25, 0.3) is 0 Å². The van der Waals surface area contributed by atoms with Crippen molar-refractivity contribution < 1.29 is 57.8 Å². The zero-order chi connectivity index (χ0) is 53.7. The maximum Gasteiger partial charge on any atom is 0.329 e. The number of carbonyl (C=O) groups excluding carboxylic acids is 10. The van der Waals surface area contributed by atoms with Gasteiger partial charge in [0, 0.05) is 36.9 Å². The second-order valence-corrected chi connectivity index (χ2v) is 18.2. The second-order valence-electron chi connectivity index (χ2n) is 17.8. The number of aromatic nitrogens is 2. The molecule has 1 aromatic heterocycles. The quantitative estimate of drug-likeness (QED) is 0.0244. The fourth-order valence-electron chi connectivity index (χ4n) is 7.07. The maximum absolute atomic E-state index is 14.3. The van der Waals surface area contributed by atoms with Crippen LogP contribution in [0, 0.1) is 11.8 Å². The van der Waals surface area contributed by atoms with Crippen LogP contribution in [0.5, 0.6) is 5.75 Å². The lowest BCUT2D eigenvalue weighted by molar-refractivity contribution is -0.157. The van der Waals surface area contributed by atoms with Crippen molar-refractivity contribution in [2.45, 2.75) is 121 Å². The number of hydrogen-bond donors (Lipinski definition) is 13. The van der Waals surface area contributed by atoms with E-state index >= 15 is 0 Å². The number of esters is 1. The Balaban J connectivity index is 1.90. The molecule has 24 nitrogen and oxygen atoms in total. The molecule has 16 N–H and O–H groups in total. The number of aromatic hydroxyl groups is 1. The molecule has 0 aliphatic heterocycles. The highest BCUT2D eigenvalue weighted by Gasteiger charge is 2.36. The Labute approximate surface area is 421 Å². The van der Waals surface area contributed by atoms with Crippen LogP contribution in [0.15, 0.2) is 67.1 Å². The van der Waals surface area contributed by atoms with Crippen LogP contribution in [-0.2, 0) is 71.9 Å². The fourth-order valence-corrected chi connectivity index (χ4v) is 7.32. The summed E-state index contributed by atoms with van der Waals surface area (Å²) in [6.45, 7) is 6.74. The van der Waals surface area contributed by atoms with E-state index < -0.39 is 120 Å². The van der Waals surface area contributed by atoms with E-state index in [1.165, 1.54) is 24.7 Å². The predicted octanol–water partition coefficient (Wildman–Crippen LogP) is -2.45. The first-order valence-corrected chi connectivity index (χ1v) is 23.6. The molecule has 0 fully saturated rings. The molecule has 392 valence electrons. The lowest BCUT2D eigenvalue weighted by atomic mass is 9.99. The van der Waals surface area contributed by atoms with Crippen LogP contribution >= 0.6 is 12.6 Å². The third kappa shape index (κ3) is 20.1. The second kappa shape index (κ2) is 29.0. The minimum absolute atomic E-state index is 0.00371. The molecule has 8 atom stereocenters. The van der Waals surface area contributed by atoms with Gasteiger partial charge >= 0.3 is 5.97 Å². The molecule has 0 saturated carbocycles. The van der Waals surface area contributed by atoms with Crippen molar-refractivity contribution in [1.82, 2.24) is 41.9 Å². The smallest absolute Gasteiger partial charge is 0.329 e. The number of benzene rings is 2. The Bertz CT molecular complexity index is 2340. The monoisotopic (exact) mass is 1020 g/mol. The largest absolute Gasteiger partial charge is 0.508 e. The number of thiol groups is 1. The number of phenolic OH excluding ortho intramolecular Hbond substituents is 1. The van der Waals surface area contributed by atoms with E-state index in [0.717, 1.165) is 0 Å². The Morgan fingerprint density at radius 2 is 1.19 bits per heavy atom. The Morgan fingerprint density at radius 3 is 1.75 bits per heavy atom. The van der Waals surface area contributed by atoms with Gasteiger partial charge in [-0.1, -0.05) is 70.2 Å². The van der Waals surface area contributed by atoms with Crippen molar-refractivity contribution in [3.8, 4) is 5.75 Å². The molecule has 25 heteroatoms. The number of H-pyrrole nitrogens is 1. The Hall–Kier alpha value is -7.54. The molecule has 3 rings (SSSR count). The number of ether oxygens (including phenoxy) is 1. The Morgan fingerprint density at radius 1 is 0.653 bits per heavy atom. The molecular formula is C47H66N12O12S. The summed E-state index contributed by atoms with van der Waals surface area (Å²) >= 11 is 3.94. The number of nitrogens with one attached hydrogen (secondary N) is 7. The zero-order valence-corrected chi connectivity index (χ0v) is 41.3. The molecule has 0 saturated heterocycles. The normalized spacial score (nSPS) is 14.4. The first-order chi connectivity index (χ1) is 34.0. The van der Waals surface area contributed by atoms with E-state index in [-0.39, 0.29) is 55.9 Å². The van der Waals surface area contributed by atoms with Crippen molar-refractivity contribution in [3.63, 3.8) is 0 Å². The van der Waals surface area contributed by atoms with Crippen LogP contribution in [0.2, 0.25) is 0 Å².